The Morgan fingerprint density at radius 1 is 0.941 bits per heavy atom. The van der Waals surface area contributed by atoms with Gasteiger partial charge >= 0.3 is 18.0 Å². The van der Waals surface area contributed by atoms with Gasteiger partial charge in [0.25, 0.3) is 0 Å². The van der Waals surface area contributed by atoms with E-state index in [1.165, 1.54) is 24.3 Å². The maximum Gasteiger partial charge on any atom is 0.573 e. The minimum absolute atomic E-state index is 0.139. The molecule has 2 rings (SSSR count). The highest BCUT2D eigenvalue weighted by Crippen LogP contribution is 2.33. The number of unbranched alkanes of at least 4 members (excludes halogenated alkanes) is 5. The van der Waals surface area contributed by atoms with Crippen molar-refractivity contribution in [1.82, 2.24) is 0 Å². The molecular formula is C24H28F3NO6. The van der Waals surface area contributed by atoms with Crippen molar-refractivity contribution in [3.63, 3.8) is 0 Å². The molecular weight excluding hydrogens is 455 g/mol. The molecule has 0 aliphatic heterocycles. The van der Waals surface area contributed by atoms with Crippen molar-refractivity contribution in [2.75, 3.05) is 13.2 Å². The summed E-state index contributed by atoms with van der Waals surface area (Å²) < 4.78 is 51.2. The Balaban J connectivity index is 1.81. The molecule has 0 radical (unpaired) electrons. The van der Waals surface area contributed by atoms with E-state index in [-0.39, 0.29) is 23.2 Å². The van der Waals surface area contributed by atoms with Gasteiger partial charge in [-0.3, -0.25) is 14.9 Å². The van der Waals surface area contributed by atoms with Gasteiger partial charge in [0.2, 0.25) is 0 Å². The normalized spacial score (nSPS) is 11.2. The molecule has 0 saturated heterocycles. The first-order valence-electron chi connectivity index (χ1n) is 11.1. The Bertz CT molecular complexity index is 931. The molecule has 2 aromatic carbocycles. The van der Waals surface area contributed by atoms with Crippen LogP contribution in [0, 0.1) is 10.1 Å². The number of hydrogen-bond donors (Lipinski definition) is 0. The van der Waals surface area contributed by atoms with Crippen molar-refractivity contribution < 1.29 is 37.1 Å². The first kappa shape index (κ1) is 26.9. The first-order valence-corrected chi connectivity index (χ1v) is 11.1. The van der Waals surface area contributed by atoms with Gasteiger partial charge in [-0.1, -0.05) is 43.9 Å². The zero-order valence-electron chi connectivity index (χ0n) is 18.9. The second-order valence-corrected chi connectivity index (χ2v) is 7.54. The minimum atomic E-state index is -4.79. The van der Waals surface area contributed by atoms with E-state index in [9.17, 15) is 28.1 Å². The molecule has 0 aromatic heterocycles. The van der Waals surface area contributed by atoms with Crippen molar-refractivity contribution in [1.29, 1.82) is 0 Å². The third-order valence-electron chi connectivity index (χ3n) is 4.91. The summed E-state index contributed by atoms with van der Waals surface area (Å²) in [5, 5.41) is 11.5. The topological polar surface area (TPSA) is 87.9 Å². The van der Waals surface area contributed by atoms with E-state index in [1.807, 2.05) is 0 Å². The molecule has 0 heterocycles. The van der Waals surface area contributed by atoms with Gasteiger partial charge in [0.05, 0.1) is 18.1 Å². The number of carbonyl (C=O) groups excluding carboxylic acids is 1. The highest BCUT2D eigenvalue weighted by atomic mass is 19.4. The summed E-state index contributed by atoms with van der Waals surface area (Å²) >= 11 is 0. The second-order valence-electron chi connectivity index (χ2n) is 7.54. The molecule has 0 aliphatic carbocycles. The van der Waals surface area contributed by atoms with Gasteiger partial charge in [0, 0.05) is 12.5 Å². The summed E-state index contributed by atoms with van der Waals surface area (Å²) in [6.07, 6.45) is 0.977. The Hall–Kier alpha value is -3.30. The fourth-order valence-corrected chi connectivity index (χ4v) is 3.30. The molecule has 0 fully saturated rings. The molecule has 7 nitrogen and oxygen atoms in total. The summed E-state index contributed by atoms with van der Waals surface area (Å²) in [7, 11) is 0. The van der Waals surface area contributed by atoms with Gasteiger partial charge in [-0.15, -0.1) is 13.2 Å². The van der Waals surface area contributed by atoms with E-state index in [4.69, 9.17) is 9.47 Å². The highest BCUT2D eigenvalue weighted by Gasteiger charge is 2.31. The number of hydrogen-bond acceptors (Lipinski definition) is 6. The third kappa shape index (κ3) is 9.68. The Morgan fingerprint density at radius 2 is 1.56 bits per heavy atom. The van der Waals surface area contributed by atoms with Gasteiger partial charge in [-0.05, 0) is 49.1 Å². The number of nitro benzene ring substituents is 1. The lowest BCUT2D eigenvalue weighted by Gasteiger charge is -2.10. The lowest BCUT2D eigenvalue weighted by atomic mass is 10.0. The van der Waals surface area contributed by atoms with Gasteiger partial charge in [-0.25, -0.2) is 0 Å². The number of carbonyl (C=O) groups is 1. The molecule has 34 heavy (non-hydrogen) atoms. The van der Waals surface area contributed by atoms with Crippen LogP contribution in [0.2, 0.25) is 0 Å². The molecule has 0 N–H and O–H groups in total. The Morgan fingerprint density at radius 3 is 2.18 bits per heavy atom. The van der Waals surface area contributed by atoms with E-state index in [1.54, 1.807) is 13.0 Å². The fourth-order valence-electron chi connectivity index (χ4n) is 3.30. The quantitative estimate of drug-likeness (QED) is 0.127. The van der Waals surface area contributed by atoms with Gasteiger partial charge in [0.15, 0.2) is 5.75 Å². The van der Waals surface area contributed by atoms with Crippen LogP contribution in [0.5, 0.6) is 11.5 Å². The van der Waals surface area contributed by atoms with E-state index in [2.05, 4.69) is 4.74 Å². The summed E-state index contributed by atoms with van der Waals surface area (Å²) in [6, 6.07) is 9.53. The van der Waals surface area contributed by atoms with Crippen molar-refractivity contribution in [2.24, 2.45) is 0 Å². The van der Waals surface area contributed by atoms with Crippen molar-refractivity contribution >= 4 is 11.7 Å². The number of nitro groups is 1. The summed E-state index contributed by atoms with van der Waals surface area (Å²) in [4.78, 5) is 22.2. The number of alkyl halides is 3. The molecule has 10 heteroatoms. The van der Waals surface area contributed by atoms with Crippen molar-refractivity contribution in [2.45, 2.75) is 58.2 Å². The van der Waals surface area contributed by atoms with Crippen LogP contribution >= 0.6 is 0 Å². The number of ether oxygens (including phenoxy) is 3. The third-order valence-corrected chi connectivity index (χ3v) is 4.91. The highest BCUT2D eigenvalue weighted by molar-refractivity contribution is 5.69. The molecule has 2 aromatic rings. The van der Waals surface area contributed by atoms with Crippen LogP contribution in [-0.2, 0) is 9.53 Å². The first-order chi connectivity index (χ1) is 16.2. The number of esters is 1. The van der Waals surface area contributed by atoms with Crippen LogP contribution in [0.25, 0.3) is 11.1 Å². The average molecular weight is 483 g/mol. The lowest BCUT2D eigenvalue weighted by molar-refractivity contribution is -0.385. The van der Waals surface area contributed by atoms with Crippen LogP contribution in [0.4, 0.5) is 18.9 Å². The molecule has 0 amide bonds. The monoisotopic (exact) mass is 483 g/mol. The van der Waals surface area contributed by atoms with Crippen LogP contribution in [0.15, 0.2) is 42.5 Å². The predicted octanol–water partition coefficient (Wildman–Crippen LogP) is 6.83. The van der Waals surface area contributed by atoms with E-state index < -0.39 is 11.3 Å². The lowest BCUT2D eigenvalue weighted by Crippen LogP contribution is -2.16. The molecule has 0 unspecified atom stereocenters. The van der Waals surface area contributed by atoms with Gasteiger partial charge in [0.1, 0.15) is 5.75 Å². The van der Waals surface area contributed by atoms with Crippen LogP contribution < -0.4 is 9.47 Å². The standard InChI is InChI=1S/C24H28F3NO6/c1-2-32-23(29)9-7-5-3-4-6-8-16-33-22-15-12-19(17-21(22)28(30)31)18-10-13-20(14-11-18)34-24(25,26)27/h10-15,17H,2-9,16H2,1H3. The molecule has 0 atom stereocenters. The van der Waals surface area contributed by atoms with Gasteiger partial charge in [-0.2, -0.15) is 0 Å². The Kier molecular flexibility index (Phi) is 10.6. The maximum absolute atomic E-state index is 12.3. The molecule has 0 saturated carbocycles. The van der Waals surface area contributed by atoms with E-state index in [0.29, 0.717) is 30.8 Å². The SMILES string of the molecule is CCOC(=O)CCCCCCCCOc1ccc(-c2ccc(OC(F)(F)F)cc2)cc1[N+](=O)[O-]. The number of halogens is 3. The molecule has 186 valence electrons. The molecule has 0 spiro atoms. The smallest absolute Gasteiger partial charge is 0.487 e. The van der Waals surface area contributed by atoms with Crippen molar-refractivity contribution in [3.05, 3.63) is 52.6 Å². The summed E-state index contributed by atoms with van der Waals surface area (Å²) in [6.45, 7) is 2.50. The number of nitrogens with zero attached hydrogens (tertiary/aromatic N) is 1. The van der Waals surface area contributed by atoms with Gasteiger partial charge < -0.3 is 14.2 Å². The zero-order valence-corrected chi connectivity index (χ0v) is 18.9. The fraction of sp³-hybridized carbons (Fsp3) is 0.458. The van der Waals surface area contributed by atoms with Crippen molar-refractivity contribution in [3.8, 4) is 22.6 Å². The minimum Gasteiger partial charge on any atom is -0.487 e. The maximum atomic E-state index is 12.3. The van der Waals surface area contributed by atoms with Crippen LogP contribution in [-0.4, -0.2) is 30.5 Å². The second kappa shape index (κ2) is 13.4. The average Bonchev–Trinajstić information content (AvgIpc) is 2.77. The predicted molar refractivity (Wildman–Crippen MR) is 120 cm³/mol. The van der Waals surface area contributed by atoms with Crippen LogP contribution in [0.1, 0.15) is 51.9 Å². The molecule has 0 aliphatic rings. The number of benzene rings is 2. The Labute approximate surface area is 196 Å². The summed E-state index contributed by atoms with van der Waals surface area (Å²) in [5.74, 6) is -0.402. The van der Waals surface area contributed by atoms with E-state index >= 15 is 0 Å². The number of rotatable bonds is 14. The summed E-state index contributed by atoms with van der Waals surface area (Å²) in [5.41, 5.74) is 0.764. The van der Waals surface area contributed by atoms with E-state index in [0.717, 1.165) is 50.7 Å². The van der Waals surface area contributed by atoms with Crippen LogP contribution in [0.3, 0.4) is 0 Å². The molecule has 0 bridgehead atoms. The largest absolute Gasteiger partial charge is 0.573 e. The zero-order chi connectivity index (χ0) is 25.0.